The fourth-order valence-corrected chi connectivity index (χ4v) is 4.02. The first-order valence-corrected chi connectivity index (χ1v) is 8.92. The minimum Gasteiger partial charge on any atom is -0.381 e. The lowest BCUT2D eigenvalue weighted by Gasteiger charge is -2.41. The average Bonchev–Trinajstić information content (AvgIpc) is 2.58. The van der Waals surface area contributed by atoms with Crippen LogP contribution in [0, 0.1) is 16.0 Å². The topological polar surface area (TPSA) is 67.6 Å². The Balaban J connectivity index is 1.93. The molecule has 1 aromatic carbocycles. The van der Waals surface area contributed by atoms with E-state index in [1.165, 1.54) is 0 Å². The summed E-state index contributed by atoms with van der Waals surface area (Å²) in [5, 5.41) is 14.7. The van der Waals surface area contributed by atoms with E-state index in [1.54, 1.807) is 6.07 Å². The Morgan fingerprint density at radius 3 is 2.65 bits per heavy atom. The SMILES string of the molecule is O=[N+]([O-])c1cc([C@@H](C2CCOCC2)N2CCNCC2)ccc1Br. The molecule has 126 valence electrons. The molecular formula is C16H22BrN3O3. The lowest BCUT2D eigenvalue weighted by molar-refractivity contribution is -0.385. The lowest BCUT2D eigenvalue weighted by atomic mass is 9.85. The second-order valence-electron chi connectivity index (χ2n) is 6.15. The van der Waals surface area contributed by atoms with Gasteiger partial charge in [-0.2, -0.15) is 0 Å². The van der Waals surface area contributed by atoms with Crippen LogP contribution in [0.25, 0.3) is 0 Å². The van der Waals surface area contributed by atoms with Crippen LogP contribution in [-0.4, -0.2) is 49.2 Å². The molecule has 2 saturated heterocycles. The van der Waals surface area contributed by atoms with Crippen molar-refractivity contribution in [2.24, 2.45) is 5.92 Å². The number of nitro groups is 1. The van der Waals surface area contributed by atoms with Crippen molar-refractivity contribution in [3.63, 3.8) is 0 Å². The van der Waals surface area contributed by atoms with Crippen LogP contribution < -0.4 is 5.32 Å². The highest BCUT2D eigenvalue weighted by atomic mass is 79.9. The molecule has 1 N–H and O–H groups in total. The summed E-state index contributed by atoms with van der Waals surface area (Å²) >= 11 is 3.29. The Bertz CT molecular complexity index is 540. The summed E-state index contributed by atoms with van der Waals surface area (Å²) < 4.78 is 6.05. The lowest BCUT2D eigenvalue weighted by Crippen LogP contribution is -2.47. The summed E-state index contributed by atoms with van der Waals surface area (Å²) in [6, 6.07) is 5.81. The number of hydrogen-bond acceptors (Lipinski definition) is 5. The maximum atomic E-state index is 11.3. The molecule has 0 unspecified atom stereocenters. The number of hydrogen-bond donors (Lipinski definition) is 1. The Kier molecular flexibility index (Phi) is 5.63. The maximum absolute atomic E-state index is 11.3. The third-order valence-corrected chi connectivity index (χ3v) is 5.44. The van der Waals surface area contributed by atoms with Gasteiger partial charge in [0.05, 0.1) is 9.40 Å². The third-order valence-electron chi connectivity index (χ3n) is 4.77. The van der Waals surface area contributed by atoms with E-state index in [-0.39, 0.29) is 16.7 Å². The van der Waals surface area contributed by atoms with Crippen LogP contribution in [0.4, 0.5) is 5.69 Å². The predicted octanol–water partition coefficient (Wildman–Crippen LogP) is 2.73. The van der Waals surface area contributed by atoms with Gasteiger partial charge < -0.3 is 10.1 Å². The third kappa shape index (κ3) is 3.91. The highest BCUT2D eigenvalue weighted by Gasteiger charge is 2.32. The summed E-state index contributed by atoms with van der Waals surface area (Å²) in [7, 11) is 0. The van der Waals surface area contributed by atoms with Crippen molar-refractivity contribution in [3.8, 4) is 0 Å². The first-order chi connectivity index (χ1) is 11.2. The highest BCUT2D eigenvalue weighted by Crippen LogP contribution is 2.38. The highest BCUT2D eigenvalue weighted by molar-refractivity contribution is 9.10. The minimum atomic E-state index is -0.313. The van der Waals surface area contributed by atoms with Crippen LogP contribution in [-0.2, 0) is 4.74 Å². The molecule has 0 spiro atoms. The van der Waals surface area contributed by atoms with Crippen molar-refractivity contribution in [1.29, 1.82) is 0 Å². The standard InChI is InChI=1S/C16H22BrN3O3/c17-14-2-1-13(11-15(14)20(21)22)16(12-3-9-23-10-4-12)19-7-5-18-6-8-19/h1-2,11-12,16,18H,3-10H2/t16-/m1/s1. The van der Waals surface area contributed by atoms with Crippen LogP contribution in [0.5, 0.6) is 0 Å². The van der Waals surface area contributed by atoms with Gasteiger partial charge in [0.25, 0.3) is 5.69 Å². The molecule has 6 nitrogen and oxygen atoms in total. The maximum Gasteiger partial charge on any atom is 0.283 e. The molecule has 2 heterocycles. The van der Waals surface area contributed by atoms with Crippen molar-refractivity contribution in [2.75, 3.05) is 39.4 Å². The summed E-state index contributed by atoms with van der Waals surface area (Å²) in [6.07, 6.45) is 2.02. The van der Waals surface area contributed by atoms with Gasteiger partial charge in [0.1, 0.15) is 0 Å². The normalized spacial score (nSPS) is 22.0. The number of ether oxygens (including phenoxy) is 1. The molecule has 2 aliphatic rings. The zero-order valence-electron chi connectivity index (χ0n) is 13.0. The van der Waals surface area contributed by atoms with Gasteiger partial charge in [-0.3, -0.25) is 15.0 Å². The van der Waals surface area contributed by atoms with Crippen LogP contribution in [0.2, 0.25) is 0 Å². The van der Waals surface area contributed by atoms with Gasteiger partial charge in [-0.05, 0) is 46.3 Å². The van der Waals surface area contributed by atoms with Crippen molar-refractivity contribution < 1.29 is 9.66 Å². The van der Waals surface area contributed by atoms with Gasteiger partial charge in [0, 0.05) is 51.5 Å². The molecule has 0 radical (unpaired) electrons. The number of nitrogens with zero attached hydrogens (tertiary/aromatic N) is 2. The molecule has 23 heavy (non-hydrogen) atoms. The number of halogens is 1. The molecular weight excluding hydrogens is 362 g/mol. The molecule has 0 aromatic heterocycles. The van der Waals surface area contributed by atoms with E-state index in [1.807, 2.05) is 12.1 Å². The molecule has 0 saturated carbocycles. The van der Waals surface area contributed by atoms with Crippen LogP contribution in [0.15, 0.2) is 22.7 Å². The first kappa shape index (κ1) is 16.8. The molecule has 0 amide bonds. The average molecular weight is 384 g/mol. The van der Waals surface area contributed by atoms with Crippen LogP contribution >= 0.6 is 15.9 Å². The number of rotatable bonds is 4. The molecule has 3 rings (SSSR count). The molecule has 0 aliphatic carbocycles. The number of nitro benzene ring substituents is 1. The smallest absolute Gasteiger partial charge is 0.283 e. The van der Waals surface area contributed by atoms with E-state index in [0.717, 1.165) is 57.8 Å². The Hall–Kier alpha value is -1.02. The monoisotopic (exact) mass is 383 g/mol. The molecule has 2 aliphatic heterocycles. The van der Waals surface area contributed by atoms with E-state index in [0.29, 0.717) is 10.4 Å². The molecule has 1 atom stereocenters. The second kappa shape index (κ2) is 7.70. The van der Waals surface area contributed by atoms with Gasteiger partial charge in [-0.1, -0.05) is 6.07 Å². The Morgan fingerprint density at radius 1 is 1.30 bits per heavy atom. The summed E-state index contributed by atoms with van der Waals surface area (Å²) in [6.45, 7) is 5.46. The van der Waals surface area contributed by atoms with Crippen molar-refractivity contribution in [2.45, 2.75) is 18.9 Å². The fourth-order valence-electron chi connectivity index (χ4n) is 3.63. The largest absolute Gasteiger partial charge is 0.381 e. The first-order valence-electron chi connectivity index (χ1n) is 8.13. The van der Waals surface area contributed by atoms with E-state index < -0.39 is 0 Å². The summed E-state index contributed by atoms with van der Waals surface area (Å²) in [5.74, 6) is 0.489. The van der Waals surface area contributed by atoms with Crippen LogP contribution in [0.3, 0.4) is 0 Å². The van der Waals surface area contributed by atoms with E-state index >= 15 is 0 Å². The van der Waals surface area contributed by atoms with Gasteiger partial charge in [-0.25, -0.2) is 0 Å². The number of nitrogens with one attached hydrogen (secondary N) is 1. The van der Waals surface area contributed by atoms with Crippen molar-refractivity contribution in [3.05, 3.63) is 38.3 Å². The van der Waals surface area contributed by atoms with Gasteiger partial charge in [0.2, 0.25) is 0 Å². The van der Waals surface area contributed by atoms with Crippen LogP contribution in [0.1, 0.15) is 24.4 Å². The summed E-state index contributed by atoms with van der Waals surface area (Å²) in [4.78, 5) is 13.4. The van der Waals surface area contributed by atoms with E-state index in [4.69, 9.17) is 4.74 Å². The summed E-state index contributed by atoms with van der Waals surface area (Å²) in [5.41, 5.74) is 1.20. The Labute approximate surface area is 144 Å². The predicted molar refractivity (Wildman–Crippen MR) is 91.5 cm³/mol. The van der Waals surface area contributed by atoms with Gasteiger partial charge in [0.15, 0.2) is 0 Å². The zero-order chi connectivity index (χ0) is 16.2. The van der Waals surface area contributed by atoms with Gasteiger partial charge >= 0.3 is 0 Å². The molecule has 7 heteroatoms. The van der Waals surface area contributed by atoms with Crippen molar-refractivity contribution >= 4 is 21.6 Å². The minimum absolute atomic E-state index is 0.148. The molecule has 0 bridgehead atoms. The number of benzene rings is 1. The molecule has 1 aromatic rings. The Morgan fingerprint density at radius 2 is 2.00 bits per heavy atom. The second-order valence-corrected chi connectivity index (χ2v) is 7.00. The number of piperazine rings is 1. The quantitative estimate of drug-likeness (QED) is 0.639. The van der Waals surface area contributed by atoms with E-state index in [2.05, 4.69) is 26.1 Å². The van der Waals surface area contributed by atoms with Crippen molar-refractivity contribution in [1.82, 2.24) is 10.2 Å². The van der Waals surface area contributed by atoms with Gasteiger partial charge in [-0.15, -0.1) is 0 Å². The molecule has 2 fully saturated rings. The van der Waals surface area contributed by atoms with E-state index in [9.17, 15) is 10.1 Å². The zero-order valence-corrected chi connectivity index (χ0v) is 14.6. The fraction of sp³-hybridized carbons (Fsp3) is 0.625.